The number of carbonyl (C=O) groups is 1. The van der Waals surface area contributed by atoms with E-state index in [4.69, 9.17) is 4.74 Å². The van der Waals surface area contributed by atoms with Gasteiger partial charge in [-0.15, -0.1) is 0 Å². The summed E-state index contributed by atoms with van der Waals surface area (Å²) in [6.45, 7) is 5.46. The Kier molecular flexibility index (Phi) is 3.12. The van der Waals surface area contributed by atoms with Gasteiger partial charge in [0.05, 0.1) is 11.2 Å². The van der Waals surface area contributed by atoms with Gasteiger partial charge in [0.2, 0.25) is 0 Å². The Balaban J connectivity index is 1.97. The number of anilines is 1. The molecule has 2 aromatic rings. The Labute approximate surface area is 126 Å². The van der Waals surface area contributed by atoms with E-state index in [0.29, 0.717) is 16.7 Å². The summed E-state index contributed by atoms with van der Waals surface area (Å²) >= 11 is 0. The minimum absolute atomic E-state index is 0.217. The highest BCUT2D eigenvalue weighted by Crippen LogP contribution is 2.40. The number of rotatable bonds is 1. The number of halogens is 2. The van der Waals surface area contributed by atoms with Gasteiger partial charge in [-0.3, -0.25) is 5.32 Å². The van der Waals surface area contributed by atoms with Gasteiger partial charge >= 0.3 is 12.0 Å². The minimum Gasteiger partial charge on any atom is -0.444 e. The van der Waals surface area contributed by atoms with E-state index >= 15 is 0 Å². The SMILES string of the molecule is CC(C)(C)OC(=O)Nc1cccc2c1nc1n2CCC1(F)F. The number of aryl methyl sites for hydroxylation is 1. The number of hydrogen-bond donors (Lipinski definition) is 1. The first-order chi connectivity index (χ1) is 10.2. The molecule has 118 valence electrons. The smallest absolute Gasteiger partial charge is 0.412 e. The molecular weight excluding hydrogens is 292 g/mol. The number of nitrogens with zero attached hydrogens (tertiary/aromatic N) is 2. The van der Waals surface area contributed by atoms with Gasteiger partial charge in [-0.25, -0.2) is 9.78 Å². The molecule has 0 unspecified atom stereocenters. The van der Waals surface area contributed by atoms with Crippen molar-refractivity contribution in [3.63, 3.8) is 0 Å². The zero-order chi connectivity index (χ0) is 16.1. The molecule has 1 aromatic heterocycles. The second kappa shape index (κ2) is 4.66. The van der Waals surface area contributed by atoms with E-state index < -0.39 is 17.6 Å². The fourth-order valence-corrected chi connectivity index (χ4v) is 2.53. The van der Waals surface area contributed by atoms with E-state index in [-0.39, 0.29) is 18.8 Å². The molecule has 0 bridgehead atoms. The number of nitrogens with one attached hydrogen (secondary N) is 1. The Morgan fingerprint density at radius 3 is 2.82 bits per heavy atom. The van der Waals surface area contributed by atoms with Crippen LogP contribution in [-0.4, -0.2) is 21.2 Å². The summed E-state index contributed by atoms with van der Waals surface area (Å²) in [5.41, 5.74) is 0.661. The molecule has 1 N–H and O–H groups in total. The Bertz CT molecular complexity index is 747. The Morgan fingerprint density at radius 2 is 2.14 bits per heavy atom. The lowest BCUT2D eigenvalue weighted by atomic mass is 10.2. The Morgan fingerprint density at radius 1 is 1.41 bits per heavy atom. The van der Waals surface area contributed by atoms with Crippen LogP contribution in [0.4, 0.5) is 19.3 Å². The van der Waals surface area contributed by atoms with Gasteiger partial charge in [0.15, 0.2) is 5.82 Å². The zero-order valence-corrected chi connectivity index (χ0v) is 12.6. The number of para-hydroxylation sites is 1. The first-order valence-corrected chi connectivity index (χ1v) is 7.05. The molecule has 1 aromatic carbocycles. The van der Waals surface area contributed by atoms with Crippen LogP contribution in [0.2, 0.25) is 0 Å². The van der Waals surface area contributed by atoms with Crippen LogP contribution in [0.15, 0.2) is 18.2 Å². The quantitative estimate of drug-likeness (QED) is 0.869. The second-order valence-corrected chi connectivity index (χ2v) is 6.34. The van der Waals surface area contributed by atoms with Crippen LogP contribution in [0.1, 0.15) is 33.0 Å². The molecule has 22 heavy (non-hydrogen) atoms. The van der Waals surface area contributed by atoms with E-state index in [2.05, 4.69) is 10.3 Å². The van der Waals surface area contributed by atoms with Crippen LogP contribution in [0.25, 0.3) is 11.0 Å². The fourth-order valence-electron chi connectivity index (χ4n) is 2.53. The van der Waals surface area contributed by atoms with Gasteiger partial charge in [0.1, 0.15) is 11.1 Å². The number of amides is 1. The zero-order valence-electron chi connectivity index (χ0n) is 12.6. The highest BCUT2D eigenvalue weighted by atomic mass is 19.3. The van der Waals surface area contributed by atoms with Crippen molar-refractivity contribution in [2.24, 2.45) is 0 Å². The van der Waals surface area contributed by atoms with Gasteiger partial charge in [0.25, 0.3) is 0 Å². The van der Waals surface area contributed by atoms with Crippen LogP contribution in [0.3, 0.4) is 0 Å². The van der Waals surface area contributed by atoms with E-state index in [1.54, 1.807) is 39.0 Å². The normalized spacial score (nSPS) is 16.6. The van der Waals surface area contributed by atoms with Gasteiger partial charge < -0.3 is 9.30 Å². The van der Waals surface area contributed by atoms with Gasteiger partial charge in [0, 0.05) is 13.0 Å². The van der Waals surface area contributed by atoms with Crippen LogP contribution in [0.5, 0.6) is 0 Å². The van der Waals surface area contributed by atoms with Crippen LogP contribution in [-0.2, 0) is 17.2 Å². The molecule has 3 rings (SSSR count). The number of aromatic nitrogens is 2. The number of carbonyl (C=O) groups excluding carboxylic acids is 1. The molecule has 7 heteroatoms. The summed E-state index contributed by atoms with van der Waals surface area (Å²) in [6.07, 6.45) is -0.880. The van der Waals surface area contributed by atoms with Crippen molar-refractivity contribution < 1.29 is 18.3 Å². The van der Waals surface area contributed by atoms with E-state index in [1.807, 2.05) is 0 Å². The molecule has 5 nitrogen and oxygen atoms in total. The summed E-state index contributed by atoms with van der Waals surface area (Å²) < 4.78 is 34.3. The maximum atomic E-state index is 13.8. The predicted molar refractivity (Wildman–Crippen MR) is 78.1 cm³/mol. The van der Waals surface area contributed by atoms with Crippen molar-refractivity contribution in [1.82, 2.24) is 9.55 Å². The number of fused-ring (bicyclic) bond motifs is 3. The maximum absolute atomic E-state index is 13.8. The lowest BCUT2D eigenvalue weighted by Crippen LogP contribution is -2.27. The van der Waals surface area contributed by atoms with E-state index in [0.717, 1.165) is 0 Å². The molecule has 0 atom stereocenters. The van der Waals surface area contributed by atoms with Crippen LogP contribution >= 0.6 is 0 Å². The third kappa shape index (κ3) is 2.51. The first kappa shape index (κ1) is 14.7. The summed E-state index contributed by atoms with van der Waals surface area (Å²) in [5, 5.41) is 2.58. The lowest BCUT2D eigenvalue weighted by Gasteiger charge is -2.19. The number of alkyl halides is 2. The van der Waals surface area contributed by atoms with Crippen molar-refractivity contribution in [2.45, 2.75) is 45.3 Å². The average Bonchev–Trinajstić information content (AvgIpc) is 2.87. The second-order valence-electron chi connectivity index (χ2n) is 6.34. The van der Waals surface area contributed by atoms with Crippen LogP contribution in [0, 0.1) is 0 Å². The molecular formula is C15H17F2N3O2. The van der Waals surface area contributed by atoms with Gasteiger partial charge in [-0.05, 0) is 32.9 Å². The van der Waals surface area contributed by atoms with E-state index in [1.165, 1.54) is 4.57 Å². The minimum atomic E-state index is -2.93. The average molecular weight is 309 g/mol. The molecule has 0 saturated heterocycles. The molecule has 2 heterocycles. The molecule has 1 aliphatic rings. The number of ether oxygens (including phenoxy) is 1. The number of imidazole rings is 1. The monoisotopic (exact) mass is 309 g/mol. The Hall–Kier alpha value is -2.18. The predicted octanol–water partition coefficient (Wildman–Crippen LogP) is 3.88. The van der Waals surface area contributed by atoms with Crippen molar-refractivity contribution in [2.75, 3.05) is 5.32 Å². The summed E-state index contributed by atoms with van der Waals surface area (Å²) in [6, 6.07) is 5.03. The van der Waals surface area contributed by atoms with Crippen molar-refractivity contribution in [3.8, 4) is 0 Å². The highest BCUT2D eigenvalue weighted by Gasteiger charge is 2.42. The van der Waals surface area contributed by atoms with Crippen molar-refractivity contribution in [3.05, 3.63) is 24.0 Å². The number of benzene rings is 1. The third-order valence-electron chi connectivity index (χ3n) is 3.39. The fraction of sp³-hybridized carbons (Fsp3) is 0.467. The summed E-state index contributed by atoms with van der Waals surface area (Å²) in [5.74, 6) is -3.18. The third-order valence-corrected chi connectivity index (χ3v) is 3.39. The molecule has 0 saturated carbocycles. The van der Waals surface area contributed by atoms with Crippen molar-refractivity contribution in [1.29, 1.82) is 0 Å². The molecule has 1 amide bonds. The molecule has 0 spiro atoms. The number of hydrogen-bond acceptors (Lipinski definition) is 3. The summed E-state index contributed by atoms with van der Waals surface area (Å²) in [4.78, 5) is 15.9. The van der Waals surface area contributed by atoms with Gasteiger partial charge in [-0.1, -0.05) is 6.07 Å². The van der Waals surface area contributed by atoms with Crippen molar-refractivity contribution >= 4 is 22.8 Å². The van der Waals surface area contributed by atoms with E-state index in [9.17, 15) is 13.6 Å². The first-order valence-electron chi connectivity index (χ1n) is 7.05. The largest absolute Gasteiger partial charge is 0.444 e. The van der Waals surface area contributed by atoms with Crippen LogP contribution < -0.4 is 5.32 Å². The molecule has 0 fully saturated rings. The molecule has 1 aliphatic heterocycles. The highest BCUT2D eigenvalue weighted by molar-refractivity contribution is 5.97. The molecule has 0 radical (unpaired) electrons. The molecule has 0 aliphatic carbocycles. The maximum Gasteiger partial charge on any atom is 0.412 e. The lowest BCUT2D eigenvalue weighted by molar-refractivity contribution is -0.00604. The van der Waals surface area contributed by atoms with Gasteiger partial charge in [-0.2, -0.15) is 8.78 Å². The summed E-state index contributed by atoms with van der Waals surface area (Å²) in [7, 11) is 0. The topological polar surface area (TPSA) is 56.1 Å². The standard InChI is InChI=1S/C15H17F2N3O2/c1-14(2,3)22-13(21)18-9-5-4-6-10-11(9)19-12-15(16,17)7-8-20(10)12/h4-6H,7-8H2,1-3H3,(H,18,21).